The average molecular weight is 339 g/mol. The Kier molecular flexibility index (Phi) is 4.73. The zero-order valence-corrected chi connectivity index (χ0v) is 14.3. The van der Waals surface area contributed by atoms with Gasteiger partial charge in [0.1, 0.15) is 5.02 Å². The van der Waals surface area contributed by atoms with Crippen LogP contribution in [0.3, 0.4) is 0 Å². The number of aryl methyl sites for hydroxylation is 1. The van der Waals surface area contributed by atoms with Crippen molar-refractivity contribution in [3.05, 3.63) is 16.8 Å². The van der Waals surface area contributed by atoms with Gasteiger partial charge in [-0.2, -0.15) is 5.10 Å². The lowest BCUT2D eigenvalue weighted by Gasteiger charge is -2.29. The number of anilines is 3. The molecule has 8 heteroatoms. The fourth-order valence-corrected chi connectivity index (χ4v) is 3.12. The van der Waals surface area contributed by atoms with Crippen LogP contribution in [0.25, 0.3) is 0 Å². The number of aromatic nitrogens is 4. The lowest BCUT2D eigenvalue weighted by molar-refractivity contribution is 0.571. The average Bonchev–Trinajstić information content (AvgIpc) is 2.95. The van der Waals surface area contributed by atoms with E-state index < -0.39 is 0 Å². The molecule has 0 bridgehead atoms. The number of aromatic amines is 1. The van der Waals surface area contributed by atoms with Gasteiger partial charge in [0.2, 0.25) is 0 Å². The first-order valence-electron chi connectivity index (χ1n) is 7.33. The lowest BCUT2D eigenvalue weighted by Crippen LogP contribution is -2.30. The molecule has 0 unspecified atom stereocenters. The number of nitrogens with one attached hydrogen (secondary N) is 2. The van der Waals surface area contributed by atoms with Gasteiger partial charge in [0, 0.05) is 24.8 Å². The standard InChI is InChI=1S/C14H19ClN6S/c1-9-8-10(20-19-9)16-12-11(15)13(18-14(17-12)22-2)21-6-4-3-5-7-21/h8H,3-7H2,1-2H3,(H2,16,17,18,19,20). The van der Waals surface area contributed by atoms with Crippen molar-refractivity contribution < 1.29 is 0 Å². The molecule has 0 aliphatic carbocycles. The van der Waals surface area contributed by atoms with Gasteiger partial charge < -0.3 is 10.2 Å². The Morgan fingerprint density at radius 1 is 1.27 bits per heavy atom. The van der Waals surface area contributed by atoms with Crippen LogP contribution in [0.4, 0.5) is 17.5 Å². The van der Waals surface area contributed by atoms with Crippen molar-refractivity contribution in [3.8, 4) is 0 Å². The number of thioether (sulfide) groups is 1. The van der Waals surface area contributed by atoms with Gasteiger partial charge in [0.25, 0.3) is 0 Å². The van der Waals surface area contributed by atoms with Crippen molar-refractivity contribution in [2.75, 3.05) is 29.6 Å². The van der Waals surface area contributed by atoms with Crippen molar-refractivity contribution in [1.82, 2.24) is 20.2 Å². The minimum Gasteiger partial charge on any atom is -0.355 e. The summed E-state index contributed by atoms with van der Waals surface area (Å²) in [5.74, 6) is 2.12. The monoisotopic (exact) mass is 338 g/mol. The van der Waals surface area contributed by atoms with Gasteiger partial charge in [-0.15, -0.1) is 0 Å². The number of piperidine rings is 1. The minimum atomic E-state index is 0.556. The number of rotatable bonds is 4. The largest absolute Gasteiger partial charge is 0.355 e. The highest BCUT2D eigenvalue weighted by Crippen LogP contribution is 2.34. The molecule has 118 valence electrons. The van der Waals surface area contributed by atoms with E-state index in [2.05, 4.69) is 30.4 Å². The van der Waals surface area contributed by atoms with Crippen LogP contribution in [0.5, 0.6) is 0 Å². The zero-order chi connectivity index (χ0) is 15.5. The molecule has 0 saturated carbocycles. The molecule has 0 spiro atoms. The first-order chi connectivity index (χ1) is 10.7. The van der Waals surface area contributed by atoms with E-state index in [4.69, 9.17) is 11.6 Å². The third-order valence-electron chi connectivity index (χ3n) is 3.60. The summed E-state index contributed by atoms with van der Waals surface area (Å²) < 4.78 is 0. The maximum atomic E-state index is 6.55. The molecule has 0 atom stereocenters. The van der Waals surface area contributed by atoms with E-state index in [1.54, 1.807) is 0 Å². The van der Waals surface area contributed by atoms with Gasteiger partial charge in [-0.1, -0.05) is 23.4 Å². The van der Waals surface area contributed by atoms with E-state index in [-0.39, 0.29) is 0 Å². The predicted octanol–water partition coefficient (Wildman–Crippen LogP) is 3.62. The second-order valence-corrected chi connectivity index (χ2v) is 6.46. The number of halogens is 1. The number of nitrogens with zero attached hydrogens (tertiary/aromatic N) is 4. The molecule has 2 aromatic heterocycles. The molecule has 1 aliphatic rings. The molecular weight excluding hydrogens is 320 g/mol. The predicted molar refractivity (Wildman–Crippen MR) is 91.5 cm³/mol. The van der Waals surface area contributed by atoms with Gasteiger partial charge in [-0.25, -0.2) is 9.97 Å². The third kappa shape index (κ3) is 3.30. The summed E-state index contributed by atoms with van der Waals surface area (Å²) in [5.41, 5.74) is 0.981. The molecule has 0 amide bonds. The summed E-state index contributed by atoms with van der Waals surface area (Å²) in [6.07, 6.45) is 5.59. The molecule has 0 aromatic carbocycles. The summed E-state index contributed by atoms with van der Waals surface area (Å²) in [6.45, 7) is 3.93. The topological polar surface area (TPSA) is 69.7 Å². The van der Waals surface area contributed by atoms with Crippen LogP contribution >= 0.6 is 23.4 Å². The highest BCUT2D eigenvalue weighted by atomic mass is 35.5. The first kappa shape index (κ1) is 15.4. The second kappa shape index (κ2) is 6.75. The number of hydrogen-bond acceptors (Lipinski definition) is 6. The second-order valence-electron chi connectivity index (χ2n) is 5.31. The molecule has 6 nitrogen and oxygen atoms in total. The van der Waals surface area contributed by atoms with Crippen molar-refractivity contribution in [3.63, 3.8) is 0 Å². The van der Waals surface area contributed by atoms with Gasteiger partial charge >= 0.3 is 0 Å². The highest BCUT2D eigenvalue weighted by Gasteiger charge is 2.20. The Hall–Kier alpha value is -1.47. The molecule has 3 heterocycles. The van der Waals surface area contributed by atoms with Crippen LogP contribution in [0, 0.1) is 6.92 Å². The molecule has 0 radical (unpaired) electrons. The van der Waals surface area contributed by atoms with Crippen LogP contribution in [-0.2, 0) is 0 Å². The normalized spacial score (nSPS) is 15.1. The van der Waals surface area contributed by atoms with Crippen LogP contribution in [0.1, 0.15) is 25.0 Å². The van der Waals surface area contributed by atoms with E-state index in [1.807, 2.05) is 19.2 Å². The van der Waals surface area contributed by atoms with E-state index in [0.29, 0.717) is 21.8 Å². The van der Waals surface area contributed by atoms with Gasteiger partial charge in [0.15, 0.2) is 22.6 Å². The summed E-state index contributed by atoms with van der Waals surface area (Å²) in [6, 6.07) is 1.91. The molecule has 3 rings (SSSR count). The van der Waals surface area contributed by atoms with Crippen LogP contribution in [0.2, 0.25) is 5.02 Å². The van der Waals surface area contributed by atoms with E-state index in [1.165, 1.54) is 31.0 Å². The maximum absolute atomic E-state index is 6.55. The van der Waals surface area contributed by atoms with E-state index in [0.717, 1.165) is 24.6 Å². The number of H-pyrrole nitrogens is 1. The number of hydrogen-bond donors (Lipinski definition) is 2. The Labute approximate surface area is 139 Å². The smallest absolute Gasteiger partial charge is 0.191 e. The molecule has 1 saturated heterocycles. The quantitative estimate of drug-likeness (QED) is 0.655. The van der Waals surface area contributed by atoms with Crippen molar-refractivity contribution in [2.24, 2.45) is 0 Å². The molecule has 2 aromatic rings. The Morgan fingerprint density at radius 2 is 2.05 bits per heavy atom. The fraction of sp³-hybridized carbons (Fsp3) is 0.500. The van der Waals surface area contributed by atoms with E-state index in [9.17, 15) is 0 Å². The van der Waals surface area contributed by atoms with Gasteiger partial charge in [-0.3, -0.25) is 5.10 Å². The maximum Gasteiger partial charge on any atom is 0.191 e. The van der Waals surface area contributed by atoms with E-state index >= 15 is 0 Å². The summed E-state index contributed by atoms with van der Waals surface area (Å²) >= 11 is 8.06. The first-order valence-corrected chi connectivity index (χ1v) is 8.93. The molecule has 2 N–H and O–H groups in total. The Balaban J connectivity index is 1.94. The highest BCUT2D eigenvalue weighted by molar-refractivity contribution is 7.98. The minimum absolute atomic E-state index is 0.556. The molecule has 22 heavy (non-hydrogen) atoms. The fourth-order valence-electron chi connectivity index (χ4n) is 2.51. The summed E-state index contributed by atoms with van der Waals surface area (Å²) in [5, 5.41) is 11.5. The van der Waals surface area contributed by atoms with Crippen LogP contribution < -0.4 is 10.2 Å². The van der Waals surface area contributed by atoms with Crippen LogP contribution in [0.15, 0.2) is 11.2 Å². The lowest BCUT2D eigenvalue weighted by atomic mass is 10.1. The zero-order valence-electron chi connectivity index (χ0n) is 12.7. The molecule has 1 aliphatic heterocycles. The Morgan fingerprint density at radius 3 is 2.68 bits per heavy atom. The van der Waals surface area contributed by atoms with Crippen LogP contribution in [-0.4, -0.2) is 39.5 Å². The Bertz CT molecular complexity index is 653. The van der Waals surface area contributed by atoms with Crippen molar-refractivity contribution in [2.45, 2.75) is 31.3 Å². The molecule has 1 fully saturated rings. The molecular formula is C14H19ClN6S. The van der Waals surface area contributed by atoms with Gasteiger partial charge in [0.05, 0.1) is 0 Å². The SMILES string of the molecule is CSc1nc(Nc2cc(C)[nH]n2)c(Cl)c(N2CCCCC2)n1. The van der Waals surface area contributed by atoms with Crippen molar-refractivity contribution >= 4 is 40.8 Å². The van der Waals surface area contributed by atoms with Crippen molar-refractivity contribution in [1.29, 1.82) is 0 Å². The summed E-state index contributed by atoms with van der Waals surface area (Å²) in [4.78, 5) is 11.3. The third-order valence-corrected chi connectivity index (χ3v) is 4.50. The summed E-state index contributed by atoms with van der Waals surface area (Å²) in [7, 11) is 0. The van der Waals surface area contributed by atoms with Gasteiger partial charge in [-0.05, 0) is 32.4 Å².